The fraction of sp³-hybridized carbons (Fsp3) is 1.00. The first-order valence-electron chi connectivity index (χ1n) is 7.60. The van der Waals surface area contributed by atoms with Crippen LogP contribution in [0.1, 0.15) is 39.5 Å². The fourth-order valence-corrected chi connectivity index (χ4v) is 3.83. The Morgan fingerprint density at radius 2 is 2.06 bits per heavy atom. The van der Waals surface area contributed by atoms with Gasteiger partial charge >= 0.3 is 0 Å². The maximum absolute atomic E-state index is 6.12. The van der Waals surface area contributed by atoms with E-state index in [4.69, 9.17) is 5.73 Å². The number of likely N-dealkylation sites (tertiary alicyclic amines) is 1. The molecule has 0 bridgehead atoms. The van der Waals surface area contributed by atoms with Crippen LogP contribution in [0.15, 0.2) is 0 Å². The van der Waals surface area contributed by atoms with Crippen molar-refractivity contribution in [2.75, 3.05) is 33.7 Å². The van der Waals surface area contributed by atoms with E-state index in [1.54, 1.807) is 0 Å². The van der Waals surface area contributed by atoms with Gasteiger partial charge in [-0.3, -0.25) is 4.90 Å². The third-order valence-corrected chi connectivity index (χ3v) is 5.50. The van der Waals surface area contributed by atoms with E-state index in [-0.39, 0.29) is 0 Å². The van der Waals surface area contributed by atoms with Crippen LogP contribution >= 0.6 is 0 Å². The molecule has 106 valence electrons. The van der Waals surface area contributed by atoms with E-state index in [1.165, 1.54) is 38.8 Å². The van der Waals surface area contributed by atoms with E-state index in [1.807, 2.05) is 0 Å². The first-order valence-corrected chi connectivity index (χ1v) is 7.60. The third-order valence-electron chi connectivity index (χ3n) is 5.50. The Bertz CT molecular complexity index is 271. The van der Waals surface area contributed by atoms with Gasteiger partial charge in [0.15, 0.2) is 0 Å². The van der Waals surface area contributed by atoms with Gasteiger partial charge in [-0.2, -0.15) is 0 Å². The van der Waals surface area contributed by atoms with Crippen LogP contribution in [0, 0.1) is 11.8 Å². The second kappa shape index (κ2) is 5.48. The third kappa shape index (κ3) is 2.59. The van der Waals surface area contributed by atoms with Crippen molar-refractivity contribution < 1.29 is 0 Å². The van der Waals surface area contributed by atoms with Crippen LogP contribution in [-0.2, 0) is 0 Å². The zero-order chi connectivity index (χ0) is 13.3. The minimum atomic E-state index is 0.303. The van der Waals surface area contributed by atoms with Gasteiger partial charge in [0.2, 0.25) is 0 Å². The summed E-state index contributed by atoms with van der Waals surface area (Å²) in [6.45, 7) is 7.99. The molecule has 18 heavy (non-hydrogen) atoms. The highest BCUT2D eigenvalue weighted by molar-refractivity contribution is 5.05. The van der Waals surface area contributed by atoms with E-state index in [0.717, 1.165) is 18.4 Å². The van der Waals surface area contributed by atoms with Crippen molar-refractivity contribution in [3.8, 4) is 0 Å². The summed E-state index contributed by atoms with van der Waals surface area (Å²) in [7, 11) is 4.56. The summed E-state index contributed by atoms with van der Waals surface area (Å²) in [6.07, 6.45) is 5.28. The summed E-state index contributed by atoms with van der Waals surface area (Å²) in [4.78, 5) is 5.09. The van der Waals surface area contributed by atoms with Crippen molar-refractivity contribution in [2.45, 2.75) is 51.1 Å². The SMILES string of the molecule is CC(C)C1CC(CN)(N(C)C2CCCN(C)C2)C1. The van der Waals surface area contributed by atoms with Crippen LogP contribution < -0.4 is 5.73 Å². The number of hydrogen-bond acceptors (Lipinski definition) is 3. The van der Waals surface area contributed by atoms with Crippen molar-refractivity contribution >= 4 is 0 Å². The number of hydrogen-bond donors (Lipinski definition) is 1. The summed E-state index contributed by atoms with van der Waals surface area (Å²) in [5.74, 6) is 1.70. The average Bonchev–Trinajstić information content (AvgIpc) is 2.27. The van der Waals surface area contributed by atoms with Crippen LogP contribution in [0.25, 0.3) is 0 Å². The predicted molar refractivity (Wildman–Crippen MR) is 77.6 cm³/mol. The van der Waals surface area contributed by atoms with Crippen LogP contribution in [0.2, 0.25) is 0 Å². The van der Waals surface area contributed by atoms with Gasteiger partial charge < -0.3 is 10.6 Å². The van der Waals surface area contributed by atoms with Crippen LogP contribution in [-0.4, -0.2) is 55.1 Å². The van der Waals surface area contributed by atoms with Gasteiger partial charge in [0, 0.05) is 24.7 Å². The lowest BCUT2D eigenvalue weighted by molar-refractivity contribution is -0.0562. The molecule has 1 aliphatic carbocycles. The quantitative estimate of drug-likeness (QED) is 0.829. The number of likely N-dealkylation sites (N-methyl/N-ethyl adjacent to an activating group) is 2. The molecule has 3 nitrogen and oxygen atoms in total. The van der Waals surface area contributed by atoms with Crippen molar-refractivity contribution in [1.82, 2.24) is 9.80 Å². The Labute approximate surface area is 113 Å². The molecule has 2 rings (SSSR count). The molecule has 0 aromatic rings. The molecule has 0 spiro atoms. The summed E-state index contributed by atoms with van der Waals surface area (Å²) in [5.41, 5.74) is 6.42. The lowest BCUT2D eigenvalue weighted by Gasteiger charge is -2.57. The first kappa shape index (κ1) is 14.3. The molecule has 2 N–H and O–H groups in total. The molecule has 0 radical (unpaired) electrons. The van der Waals surface area contributed by atoms with Gasteiger partial charge in [0.05, 0.1) is 0 Å². The highest BCUT2D eigenvalue weighted by Crippen LogP contribution is 2.46. The molecule has 2 fully saturated rings. The van der Waals surface area contributed by atoms with E-state index >= 15 is 0 Å². The molecular weight excluding hydrogens is 222 g/mol. The molecule has 0 amide bonds. The monoisotopic (exact) mass is 253 g/mol. The number of piperidine rings is 1. The Morgan fingerprint density at radius 1 is 1.39 bits per heavy atom. The van der Waals surface area contributed by atoms with E-state index in [2.05, 4.69) is 37.7 Å². The molecule has 0 aromatic carbocycles. The Hall–Kier alpha value is -0.120. The normalized spacial score (nSPS) is 38.2. The average molecular weight is 253 g/mol. The molecule has 2 aliphatic rings. The largest absolute Gasteiger partial charge is 0.329 e. The number of nitrogens with two attached hydrogens (primary N) is 1. The molecule has 3 heteroatoms. The van der Waals surface area contributed by atoms with E-state index < -0.39 is 0 Å². The Balaban J connectivity index is 1.96. The molecule has 1 unspecified atom stereocenters. The zero-order valence-electron chi connectivity index (χ0n) is 12.7. The van der Waals surface area contributed by atoms with Crippen molar-refractivity contribution in [3.63, 3.8) is 0 Å². The second-order valence-corrected chi connectivity index (χ2v) is 7.01. The van der Waals surface area contributed by atoms with Gasteiger partial charge in [0.1, 0.15) is 0 Å². The molecule has 1 atom stereocenters. The minimum absolute atomic E-state index is 0.303. The highest BCUT2D eigenvalue weighted by Gasteiger charge is 2.48. The first-order chi connectivity index (χ1) is 8.48. The van der Waals surface area contributed by atoms with Crippen LogP contribution in [0.3, 0.4) is 0 Å². The van der Waals surface area contributed by atoms with Crippen LogP contribution in [0.5, 0.6) is 0 Å². The summed E-state index contributed by atoms with van der Waals surface area (Å²) >= 11 is 0. The lowest BCUT2D eigenvalue weighted by Crippen LogP contribution is -2.65. The Kier molecular flexibility index (Phi) is 4.35. The second-order valence-electron chi connectivity index (χ2n) is 7.01. The lowest BCUT2D eigenvalue weighted by atomic mass is 9.63. The number of nitrogens with zero attached hydrogens (tertiary/aromatic N) is 2. The highest BCUT2D eigenvalue weighted by atomic mass is 15.3. The number of rotatable bonds is 4. The zero-order valence-corrected chi connectivity index (χ0v) is 12.7. The molecule has 1 aliphatic heterocycles. The van der Waals surface area contributed by atoms with Crippen molar-refractivity contribution in [1.29, 1.82) is 0 Å². The molecular formula is C15H31N3. The van der Waals surface area contributed by atoms with Gasteiger partial charge in [0.25, 0.3) is 0 Å². The minimum Gasteiger partial charge on any atom is -0.329 e. The maximum Gasteiger partial charge on any atom is 0.0337 e. The van der Waals surface area contributed by atoms with Crippen molar-refractivity contribution in [2.24, 2.45) is 17.6 Å². The summed E-state index contributed by atoms with van der Waals surface area (Å²) in [6, 6.07) is 0.709. The maximum atomic E-state index is 6.12. The molecule has 1 saturated heterocycles. The Morgan fingerprint density at radius 3 is 2.56 bits per heavy atom. The standard InChI is InChI=1S/C15H31N3/c1-12(2)13-8-15(9-13,11-16)18(4)14-6-5-7-17(3)10-14/h12-14H,5-11,16H2,1-4H3. The summed E-state index contributed by atoms with van der Waals surface area (Å²) in [5, 5.41) is 0. The molecule has 1 saturated carbocycles. The van der Waals surface area contributed by atoms with Gasteiger partial charge in [-0.15, -0.1) is 0 Å². The molecule has 0 aromatic heterocycles. The van der Waals surface area contributed by atoms with E-state index in [0.29, 0.717) is 11.6 Å². The predicted octanol–water partition coefficient (Wildman–Crippen LogP) is 1.78. The van der Waals surface area contributed by atoms with Gasteiger partial charge in [-0.25, -0.2) is 0 Å². The summed E-state index contributed by atoms with van der Waals surface area (Å²) < 4.78 is 0. The van der Waals surface area contributed by atoms with Gasteiger partial charge in [-0.05, 0) is 58.2 Å². The fourth-order valence-electron chi connectivity index (χ4n) is 3.83. The van der Waals surface area contributed by atoms with E-state index in [9.17, 15) is 0 Å². The molecule has 1 heterocycles. The topological polar surface area (TPSA) is 32.5 Å². The van der Waals surface area contributed by atoms with Crippen LogP contribution in [0.4, 0.5) is 0 Å². The smallest absolute Gasteiger partial charge is 0.0337 e. The van der Waals surface area contributed by atoms with Gasteiger partial charge in [-0.1, -0.05) is 13.8 Å². The van der Waals surface area contributed by atoms with Crippen molar-refractivity contribution in [3.05, 3.63) is 0 Å².